The van der Waals surface area contributed by atoms with Crippen LogP contribution in [0, 0.1) is 5.92 Å². The summed E-state index contributed by atoms with van der Waals surface area (Å²) < 4.78 is 35.6. The number of amidine groups is 1. The number of hydrogen-bond acceptors (Lipinski definition) is 3. The Morgan fingerprint density at radius 1 is 1.29 bits per heavy atom. The Morgan fingerprint density at radius 3 is 2.71 bits per heavy atom. The lowest BCUT2D eigenvalue weighted by Crippen LogP contribution is -2.21. The molecule has 2 nitrogen and oxygen atoms in total. The van der Waals surface area contributed by atoms with Crippen molar-refractivity contribution < 1.29 is 13.2 Å². The molecule has 0 spiro atoms. The van der Waals surface area contributed by atoms with Crippen molar-refractivity contribution in [3.05, 3.63) is 0 Å². The molecule has 0 bridgehead atoms. The average molecular weight is 266 g/mol. The van der Waals surface area contributed by atoms with Gasteiger partial charge in [-0.3, -0.25) is 4.99 Å². The van der Waals surface area contributed by atoms with E-state index in [0.717, 1.165) is 17.6 Å². The van der Waals surface area contributed by atoms with E-state index in [1.165, 1.54) is 12.8 Å². The van der Waals surface area contributed by atoms with E-state index in [4.69, 9.17) is 0 Å². The Bertz CT molecular complexity index is 287. The fourth-order valence-corrected chi connectivity index (χ4v) is 3.08. The van der Waals surface area contributed by atoms with Crippen molar-refractivity contribution in [2.75, 3.05) is 13.1 Å². The molecule has 6 heteroatoms. The van der Waals surface area contributed by atoms with Gasteiger partial charge in [0.05, 0.1) is 6.54 Å². The summed E-state index contributed by atoms with van der Waals surface area (Å²) in [7, 11) is 0. The number of unbranched alkanes of at least 4 members (excludes halogenated alkanes) is 1. The van der Waals surface area contributed by atoms with Gasteiger partial charge in [-0.2, -0.15) is 13.2 Å². The number of nitrogens with zero attached hydrogens (tertiary/aromatic N) is 1. The van der Waals surface area contributed by atoms with Crippen LogP contribution in [0.2, 0.25) is 0 Å². The third-order valence-electron chi connectivity index (χ3n) is 2.99. The first-order valence-corrected chi connectivity index (χ1v) is 6.94. The molecule has 0 aromatic heterocycles. The van der Waals surface area contributed by atoms with Gasteiger partial charge in [-0.1, -0.05) is 11.8 Å². The minimum atomic E-state index is -4.02. The molecule has 1 N–H and O–H groups in total. The zero-order valence-electron chi connectivity index (χ0n) is 9.59. The van der Waals surface area contributed by atoms with Gasteiger partial charge >= 0.3 is 6.18 Å². The summed E-state index contributed by atoms with van der Waals surface area (Å²) in [5.74, 6) is 0.827. The van der Waals surface area contributed by atoms with Gasteiger partial charge in [0.15, 0.2) is 5.17 Å². The van der Waals surface area contributed by atoms with Gasteiger partial charge in [0.25, 0.3) is 0 Å². The number of halogens is 3. The number of hydrogen-bond donors (Lipinski definition) is 1. The van der Waals surface area contributed by atoms with E-state index in [2.05, 4.69) is 10.3 Å². The average Bonchev–Trinajstić information content (AvgIpc) is 2.97. The van der Waals surface area contributed by atoms with E-state index in [1.54, 1.807) is 11.8 Å². The summed E-state index contributed by atoms with van der Waals surface area (Å²) >= 11 is 1.76. The molecule has 2 aliphatic rings. The molecule has 0 aromatic rings. The standard InChI is InChI=1S/C11H17F3N2S/c12-11(13,14)5-1-2-6-15-10-16-7-9(17-10)8-3-4-8/h8-9H,1-7H2,(H,15,16). The van der Waals surface area contributed by atoms with Crippen molar-refractivity contribution in [1.29, 1.82) is 0 Å². The molecule has 2 rings (SSSR count). The molecule has 0 saturated heterocycles. The molecule has 1 aliphatic heterocycles. The third kappa shape index (κ3) is 4.77. The number of thioether (sulfide) groups is 1. The van der Waals surface area contributed by atoms with Crippen LogP contribution in [-0.4, -0.2) is 29.7 Å². The van der Waals surface area contributed by atoms with Crippen molar-refractivity contribution in [3.63, 3.8) is 0 Å². The van der Waals surface area contributed by atoms with Gasteiger partial charge < -0.3 is 5.32 Å². The second kappa shape index (κ2) is 5.50. The van der Waals surface area contributed by atoms with Crippen LogP contribution in [0.4, 0.5) is 13.2 Å². The maximum atomic E-state index is 11.9. The summed E-state index contributed by atoms with van der Waals surface area (Å²) in [5, 5.41) is 4.67. The number of rotatable bonds is 5. The van der Waals surface area contributed by atoms with Crippen LogP contribution >= 0.6 is 11.8 Å². The molecule has 1 heterocycles. The summed E-state index contributed by atoms with van der Waals surface area (Å²) in [6.07, 6.45) is -1.33. The van der Waals surface area contributed by atoms with Crippen molar-refractivity contribution in [1.82, 2.24) is 5.32 Å². The van der Waals surface area contributed by atoms with E-state index in [-0.39, 0.29) is 6.42 Å². The molecule has 1 unspecified atom stereocenters. The van der Waals surface area contributed by atoms with E-state index in [1.807, 2.05) is 0 Å². The zero-order valence-corrected chi connectivity index (χ0v) is 10.4. The van der Waals surface area contributed by atoms with Crippen LogP contribution in [0.25, 0.3) is 0 Å². The van der Waals surface area contributed by atoms with E-state index in [9.17, 15) is 13.2 Å². The normalized spacial score (nSPS) is 24.9. The zero-order chi connectivity index (χ0) is 12.3. The van der Waals surface area contributed by atoms with Crippen molar-refractivity contribution in [3.8, 4) is 0 Å². The first-order valence-electron chi connectivity index (χ1n) is 6.06. The Morgan fingerprint density at radius 2 is 2.06 bits per heavy atom. The maximum absolute atomic E-state index is 11.9. The van der Waals surface area contributed by atoms with Gasteiger partial charge in [0, 0.05) is 18.2 Å². The topological polar surface area (TPSA) is 24.4 Å². The second-order valence-electron chi connectivity index (χ2n) is 4.64. The van der Waals surface area contributed by atoms with E-state index >= 15 is 0 Å². The highest BCUT2D eigenvalue weighted by Gasteiger charge is 2.35. The number of nitrogens with one attached hydrogen (secondary N) is 1. The maximum Gasteiger partial charge on any atom is 0.389 e. The predicted molar refractivity (Wildman–Crippen MR) is 64.3 cm³/mol. The second-order valence-corrected chi connectivity index (χ2v) is 5.87. The number of alkyl halides is 3. The predicted octanol–water partition coefficient (Wildman–Crippen LogP) is 3.19. The van der Waals surface area contributed by atoms with Crippen molar-refractivity contribution >= 4 is 16.9 Å². The molecule has 1 aliphatic carbocycles. The quantitative estimate of drug-likeness (QED) is 0.773. The lowest BCUT2D eigenvalue weighted by atomic mass is 10.2. The lowest BCUT2D eigenvalue weighted by molar-refractivity contribution is -0.135. The van der Waals surface area contributed by atoms with Crippen molar-refractivity contribution in [2.24, 2.45) is 10.9 Å². The molecular formula is C11H17F3N2S. The summed E-state index contributed by atoms with van der Waals surface area (Å²) in [5.41, 5.74) is 0. The van der Waals surface area contributed by atoms with E-state index < -0.39 is 12.6 Å². The Kier molecular flexibility index (Phi) is 4.22. The molecule has 0 radical (unpaired) electrons. The van der Waals surface area contributed by atoms with Gasteiger partial charge in [-0.25, -0.2) is 0 Å². The first kappa shape index (κ1) is 13.1. The third-order valence-corrected chi connectivity index (χ3v) is 4.32. The van der Waals surface area contributed by atoms with Crippen LogP contribution in [0.15, 0.2) is 4.99 Å². The minimum absolute atomic E-state index is 0.195. The summed E-state index contributed by atoms with van der Waals surface area (Å²) in [6.45, 7) is 1.47. The van der Waals surface area contributed by atoms with Crippen molar-refractivity contribution in [2.45, 2.75) is 43.5 Å². The molecule has 0 amide bonds. The Hall–Kier alpha value is -0.390. The Balaban J connectivity index is 1.51. The SMILES string of the molecule is FC(F)(F)CCCCNC1=NCC(C2CC2)S1. The molecule has 1 fully saturated rings. The molecule has 1 atom stereocenters. The highest BCUT2D eigenvalue weighted by molar-refractivity contribution is 8.14. The smallest absolute Gasteiger partial charge is 0.365 e. The summed E-state index contributed by atoms with van der Waals surface area (Å²) in [6, 6.07) is 0. The van der Waals surface area contributed by atoms with Gasteiger partial charge in [0.1, 0.15) is 0 Å². The Labute approximate surface area is 103 Å². The molecule has 98 valence electrons. The first-order chi connectivity index (χ1) is 8.04. The van der Waals surface area contributed by atoms with Crippen LogP contribution in [-0.2, 0) is 0 Å². The van der Waals surface area contributed by atoms with Crippen LogP contribution in [0.5, 0.6) is 0 Å². The van der Waals surface area contributed by atoms with Crippen LogP contribution in [0.1, 0.15) is 32.1 Å². The molecule has 17 heavy (non-hydrogen) atoms. The van der Waals surface area contributed by atoms with Crippen LogP contribution < -0.4 is 5.32 Å². The number of aliphatic imine (C=N–C) groups is 1. The fraction of sp³-hybridized carbons (Fsp3) is 0.909. The highest BCUT2D eigenvalue weighted by atomic mass is 32.2. The van der Waals surface area contributed by atoms with Gasteiger partial charge in [-0.15, -0.1) is 0 Å². The highest BCUT2D eigenvalue weighted by Crippen LogP contribution is 2.41. The summed E-state index contributed by atoms with van der Waals surface area (Å²) in [4.78, 5) is 4.37. The lowest BCUT2D eigenvalue weighted by Gasteiger charge is -2.08. The fourth-order valence-electron chi connectivity index (χ4n) is 1.85. The van der Waals surface area contributed by atoms with Crippen LogP contribution in [0.3, 0.4) is 0 Å². The molecule has 0 aromatic carbocycles. The molecular weight excluding hydrogens is 249 g/mol. The largest absolute Gasteiger partial charge is 0.389 e. The molecule has 1 saturated carbocycles. The van der Waals surface area contributed by atoms with Gasteiger partial charge in [-0.05, 0) is 31.6 Å². The monoisotopic (exact) mass is 266 g/mol. The van der Waals surface area contributed by atoms with Gasteiger partial charge in [0.2, 0.25) is 0 Å². The minimum Gasteiger partial charge on any atom is -0.365 e. The van der Waals surface area contributed by atoms with E-state index in [0.29, 0.717) is 18.2 Å².